The highest BCUT2D eigenvalue weighted by atomic mass is 35.5. The van der Waals surface area contributed by atoms with E-state index in [-0.39, 0.29) is 0 Å². The van der Waals surface area contributed by atoms with Crippen LogP contribution in [0.1, 0.15) is 12.8 Å². The van der Waals surface area contributed by atoms with E-state index >= 15 is 0 Å². The summed E-state index contributed by atoms with van der Waals surface area (Å²) in [5, 5.41) is 6.21. The molecule has 32 heavy (non-hydrogen) atoms. The molecule has 1 aromatic carbocycles. The molecular formula is C22H25Cl3N6O. The van der Waals surface area contributed by atoms with Gasteiger partial charge in [-0.1, -0.05) is 40.9 Å². The van der Waals surface area contributed by atoms with Gasteiger partial charge in [-0.25, -0.2) is 9.31 Å². The fraction of sp³-hybridized carbons (Fsp3) is 0.364. The van der Waals surface area contributed by atoms with Gasteiger partial charge < -0.3 is 10.6 Å². The lowest BCUT2D eigenvalue weighted by atomic mass is 10.2. The number of primary amides is 1. The number of piperazine rings is 1. The second kappa shape index (κ2) is 10.2. The van der Waals surface area contributed by atoms with Gasteiger partial charge in [0.15, 0.2) is 5.82 Å². The van der Waals surface area contributed by atoms with Gasteiger partial charge >= 0.3 is 6.03 Å². The van der Waals surface area contributed by atoms with Crippen molar-refractivity contribution in [1.29, 1.82) is 0 Å². The molecule has 2 amide bonds. The minimum absolute atomic E-state index is 0.508. The zero-order chi connectivity index (χ0) is 22.7. The molecule has 2 aromatic heterocycles. The molecular weight excluding hydrogens is 471 g/mol. The van der Waals surface area contributed by atoms with Crippen molar-refractivity contribution in [1.82, 2.24) is 14.5 Å². The maximum Gasteiger partial charge on any atom is 0.320 e. The van der Waals surface area contributed by atoms with Gasteiger partial charge in [0.05, 0.1) is 26.3 Å². The van der Waals surface area contributed by atoms with Gasteiger partial charge in [-0.15, -0.1) is 5.10 Å². The van der Waals surface area contributed by atoms with Crippen LogP contribution in [0.15, 0.2) is 42.6 Å². The predicted molar refractivity (Wildman–Crippen MR) is 131 cm³/mol. The molecule has 0 atom stereocenters. The first-order valence-corrected chi connectivity index (χ1v) is 11.7. The van der Waals surface area contributed by atoms with E-state index in [1.54, 1.807) is 22.8 Å². The summed E-state index contributed by atoms with van der Waals surface area (Å²) in [6.45, 7) is 5.19. The summed E-state index contributed by atoms with van der Waals surface area (Å²) >= 11 is 18.5. The molecule has 0 radical (unpaired) electrons. The van der Waals surface area contributed by atoms with E-state index in [1.165, 1.54) is 4.90 Å². The number of pyridine rings is 1. The second-order valence-corrected chi connectivity index (χ2v) is 9.04. The summed E-state index contributed by atoms with van der Waals surface area (Å²) in [7, 11) is 0. The molecule has 0 aliphatic carbocycles. The Labute approximate surface area is 202 Å². The Bertz CT molecular complexity index is 1100. The molecule has 1 aliphatic heterocycles. The Morgan fingerprint density at radius 1 is 1.06 bits per heavy atom. The fourth-order valence-electron chi connectivity index (χ4n) is 3.97. The smallest absolute Gasteiger partial charge is 0.320 e. The van der Waals surface area contributed by atoms with Crippen molar-refractivity contribution in [3.63, 3.8) is 0 Å². The number of urea groups is 1. The molecule has 4 rings (SSSR count). The Balaban J connectivity index is 1.26. The Morgan fingerprint density at radius 2 is 1.84 bits per heavy atom. The van der Waals surface area contributed by atoms with Gasteiger partial charge in [-0.2, -0.15) is 0 Å². The number of rotatable bonds is 7. The van der Waals surface area contributed by atoms with E-state index in [2.05, 4.69) is 14.9 Å². The molecule has 1 saturated heterocycles. The SMILES string of the molecule is NC(=O)N(CCCCN1CCN(c2cccc(Cl)c2Cl)CC1)c1cc2ccc(Cl)cn2n1. The molecule has 7 nitrogen and oxygen atoms in total. The Morgan fingerprint density at radius 3 is 2.59 bits per heavy atom. The number of amides is 2. The average molecular weight is 496 g/mol. The van der Waals surface area contributed by atoms with Crippen molar-refractivity contribution >= 4 is 57.9 Å². The van der Waals surface area contributed by atoms with Gasteiger partial charge in [0.25, 0.3) is 0 Å². The van der Waals surface area contributed by atoms with Crippen molar-refractivity contribution in [2.45, 2.75) is 12.8 Å². The third kappa shape index (κ3) is 5.23. The van der Waals surface area contributed by atoms with E-state index in [9.17, 15) is 4.79 Å². The largest absolute Gasteiger partial charge is 0.368 e. The Kier molecular flexibility index (Phi) is 7.30. The zero-order valence-electron chi connectivity index (χ0n) is 17.6. The van der Waals surface area contributed by atoms with Crippen LogP contribution in [0.5, 0.6) is 0 Å². The van der Waals surface area contributed by atoms with E-state index in [0.717, 1.165) is 56.8 Å². The van der Waals surface area contributed by atoms with Gasteiger partial charge in [-0.05, 0) is 43.7 Å². The Hall–Kier alpha value is -2.19. The third-order valence-corrected chi connectivity index (χ3v) is 6.74. The number of halogens is 3. The summed E-state index contributed by atoms with van der Waals surface area (Å²) in [5.74, 6) is 0.534. The molecule has 1 aliphatic rings. The molecule has 2 N–H and O–H groups in total. The first-order chi connectivity index (χ1) is 15.4. The average Bonchev–Trinajstić information content (AvgIpc) is 3.18. The lowest BCUT2D eigenvalue weighted by molar-refractivity contribution is 0.249. The molecule has 0 bridgehead atoms. The number of unbranched alkanes of at least 4 members (excludes halogenated alkanes) is 1. The summed E-state index contributed by atoms with van der Waals surface area (Å²) in [4.78, 5) is 18.2. The van der Waals surface area contributed by atoms with Crippen molar-refractivity contribution in [3.8, 4) is 0 Å². The molecule has 3 heterocycles. The van der Waals surface area contributed by atoms with E-state index < -0.39 is 6.03 Å². The van der Waals surface area contributed by atoms with Crippen molar-refractivity contribution in [2.75, 3.05) is 49.1 Å². The molecule has 10 heteroatoms. The molecule has 1 fully saturated rings. The number of carbonyl (C=O) groups excluding carboxylic acids is 1. The summed E-state index contributed by atoms with van der Waals surface area (Å²) in [6, 6.07) is 10.7. The molecule has 0 unspecified atom stereocenters. The van der Waals surface area contributed by atoms with E-state index in [4.69, 9.17) is 40.5 Å². The number of nitrogens with zero attached hydrogens (tertiary/aromatic N) is 5. The molecule has 0 saturated carbocycles. The number of nitrogens with two attached hydrogens (primary N) is 1. The number of carbonyl (C=O) groups is 1. The highest BCUT2D eigenvalue weighted by molar-refractivity contribution is 6.43. The summed E-state index contributed by atoms with van der Waals surface area (Å²) in [5.41, 5.74) is 7.46. The van der Waals surface area contributed by atoms with Crippen molar-refractivity contribution in [2.24, 2.45) is 5.73 Å². The first kappa shape index (κ1) is 23.0. The summed E-state index contributed by atoms with van der Waals surface area (Å²) in [6.07, 6.45) is 3.49. The summed E-state index contributed by atoms with van der Waals surface area (Å²) < 4.78 is 1.65. The highest BCUT2D eigenvalue weighted by Crippen LogP contribution is 2.32. The zero-order valence-corrected chi connectivity index (χ0v) is 19.8. The van der Waals surface area contributed by atoms with E-state index in [0.29, 0.717) is 27.4 Å². The highest BCUT2D eigenvalue weighted by Gasteiger charge is 2.20. The lowest BCUT2D eigenvalue weighted by Gasteiger charge is -2.36. The second-order valence-electron chi connectivity index (χ2n) is 7.82. The van der Waals surface area contributed by atoms with Crippen LogP contribution >= 0.6 is 34.8 Å². The van der Waals surface area contributed by atoms with Gasteiger partial charge in [-0.3, -0.25) is 9.80 Å². The van der Waals surface area contributed by atoms with Crippen LogP contribution in [0.25, 0.3) is 5.52 Å². The maximum atomic E-state index is 12.0. The number of hydrogen-bond donors (Lipinski definition) is 1. The van der Waals surface area contributed by atoms with Crippen LogP contribution < -0.4 is 15.5 Å². The van der Waals surface area contributed by atoms with Crippen LogP contribution in [0, 0.1) is 0 Å². The standard InChI is InChI=1S/C22H25Cl3N6O/c23-16-6-7-17-14-20(27-31(17)15-16)30(22(26)32)9-2-1-8-28-10-12-29(13-11-28)19-5-3-4-18(24)21(19)25/h3-7,14-15H,1-2,8-13H2,(H2,26,32). The number of benzene rings is 1. The van der Waals surface area contributed by atoms with Crippen LogP contribution in [-0.4, -0.2) is 59.8 Å². The van der Waals surface area contributed by atoms with E-state index in [1.807, 2.05) is 24.3 Å². The number of fused-ring (bicyclic) bond motifs is 1. The minimum Gasteiger partial charge on any atom is -0.368 e. The monoisotopic (exact) mass is 494 g/mol. The van der Waals surface area contributed by atoms with Crippen LogP contribution in [0.2, 0.25) is 15.1 Å². The number of hydrogen-bond acceptors (Lipinski definition) is 4. The van der Waals surface area contributed by atoms with Crippen LogP contribution in [-0.2, 0) is 0 Å². The number of aromatic nitrogens is 2. The fourth-order valence-corrected chi connectivity index (χ4v) is 4.54. The topological polar surface area (TPSA) is 70.1 Å². The van der Waals surface area contributed by atoms with Crippen molar-refractivity contribution in [3.05, 3.63) is 57.7 Å². The number of anilines is 2. The molecule has 170 valence electrons. The third-order valence-electron chi connectivity index (χ3n) is 5.70. The normalized spacial score (nSPS) is 14.8. The van der Waals surface area contributed by atoms with Gasteiger partial charge in [0.2, 0.25) is 0 Å². The van der Waals surface area contributed by atoms with Crippen molar-refractivity contribution < 1.29 is 4.79 Å². The van der Waals surface area contributed by atoms with Crippen LogP contribution in [0.4, 0.5) is 16.3 Å². The first-order valence-electron chi connectivity index (χ1n) is 10.6. The lowest BCUT2D eigenvalue weighted by Crippen LogP contribution is -2.46. The van der Waals surface area contributed by atoms with Gasteiger partial charge in [0.1, 0.15) is 0 Å². The maximum absolute atomic E-state index is 12.0. The minimum atomic E-state index is -0.508. The molecule has 0 spiro atoms. The van der Waals surface area contributed by atoms with Crippen LogP contribution in [0.3, 0.4) is 0 Å². The quantitative estimate of drug-likeness (QED) is 0.479. The van der Waals surface area contributed by atoms with Gasteiger partial charge in [0, 0.05) is 45.0 Å². The molecule has 3 aromatic rings. The predicted octanol–water partition coefficient (Wildman–Crippen LogP) is 4.78.